The molecule has 0 spiro atoms. The first-order valence-electron chi connectivity index (χ1n) is 4.66. The first-order valence-corrected chi connectivity index (χ1v) is 4.66. The van der Waals surface area contributed by atoms with E-state index < -0.39 is 0 Å². The molecule has 72 valence electrons. The van der Waals surface area contributed by atoms with E-state index in [9.17, 15) is 4.79 Å². The van der Waals surface area contributed by atoms with Crippen molar-refractivity contribution in [1.82, 2.24) is 5.32 Å². The Morgan fingerprint density at radius 3 is 2.42 bits per heavy atom. The van der Waals surface area contributed by atoms with Crippen LogP contribution in [0.3, 0.4) is 0 Å². The molecule has 0 saturated carbocycles. The minimum absolute atomic E-state index is 0.153. The molecule has 1 unspecified atom stereocenters. The van der Waals surface area contributed by atoms with E-state index in [1.807, 2.05) is 6.92 Å². The summed E-state index contributed by atoms with van der Waals surface area (Å²) in [5.74, 6) is 0.661. The summed E-state index contributed by atoms with van der Waals surface area (Å²) in [6, 6.07) is 0.280. The van der Waals surface area contributed by atoms with Crippen molar-refractivity contribution in [3.63, 3.8) is 0 Å². The van der Waals surface area contributed by atoms with Gasteiger partial charge in [0, 0.05) is 18.9 Å². The van der Waals surface area contributed by atoms with Gasteiger partial charge in [-0.15, -0.1) is 0 Å². The Morgan fingerprint density at radius 2 is 2.00 bits per heavy atom. The Labute approximate surface area is 74.7 Å². The quantitative estimate of drug-likeness (QED) is 0.612. The topological polar surface area (TPSA) is 56.7 Å². The number of carbonyl (C=O) groups excluding carboxylic acids is 1. The average molecular weight is 173 g/mol. The van der Waals surface area contributed by atoms with E-state index >= 15 is 0 Å². The normalized spacial score (nSPS) is 13.1. The van der Waals surface area contributed by atoms with Crippen molar-refractivity contribution in [3.05, 3.63) is 0 Å². The van der Waals surface area contributed by atoms with E-state index in [1.165, 1.54) is 0 Å². The monoisotopic (exact) mass is 173 g/mol. The lowest BCUT2D eigenvalue weighted by Gasteiger charge is -2.16. The molecule has 0 radical (unpaired) electrons. The fourth-order valence-corrected chi connectivity index (χ4v) is 0.778. The lowest BCUT2D eigenvalue weighted by Crippen LogP contribution is -2.50. The molecule has 0 fully saturated rings. The highest BCUT2D eigenvalue weighted by Gasteiger charge is 2.09. The van der Waals surface area contributed by atoms with Gasteiger partial charge >= 0.3 is 0 Å². The second kappa shape index (κ2) is 6.00. The largest absolute Gasteiger partial charge is 0.358 e. The van der Waals surface area contributed by atoms with E-state index in [0.29, 0.717) is 12.3 Å². The predicted octanol–water partition coefficient (Wildman–Crippen LogP) is 0.169. The summed E-state index contributed by atoms with van der Waals surface area (Å²) in [6.45, 7) is 7.08. The number of quaternary nitrogens is 1. The zero-order valence-electron chi connectivity index (χ0n) is 8.39. The Morgan fingerprint density at radius 1 is 1.42 bits per heavy atom. The number of rotatable bonds is 5. The lowest BCUT2D eigenvalue weighted by molar-refractivity contribution is -0.368. The van der Waals surface area contributed by atoms with Crippen molar-refractivity contribution in [2.75, 3.05) is 6.54 Å². The Balaban J connectivity index is 3.54. The fraction of sp³-hybridized carbons (Fsp3) is 0.889. The van der Waals surface area contributed by atoms with Crippen LogP contribution in [0.5, 0.6) is 0 Å². The molecule has 0 bridgehead atoms. The van der Waals surface area contributed by atoms with Crippen LogP contribution in [0.1, 0.15) is 33.6 Å². The zero-order valence-corrected chi connectivity index (χ0v) is 8.39. The summed E-state index contributed by atoms with van der Waals surface area (Å²) >= 11 is 0. The van der Waals surface area contributed by atoms with Gasteiger partial charge in [0.05, 0.1) is 6.54 Å². The summed E-state index contributed by atoms with van der Waals surface area (Å²) in [5.41, 5.74) is 3.69. The molecule has 0 heterocycles. The summed E-state index contributed by atoms with van der Waals surface area (Å²) in [4.78, 5) is 11.2. The van der Waals surface area contributed by atoms with Crippen molar-refractivity contribution >= 4 is 5.91 Å². The number of carbonyl (C=O) groups is 1. The first-order chi connectivity index (χ1) is 5.57. The summed E-state index contributed by atoms with van der Waals surface area (Å²) in [5, 5.41) is 2.95. The van der Waals surface area contributed by atoms with E-state index in [4.69, 9.17) is 0 Å². The van der Waals surface area contributed by atoms with Crippen LogP contribution in [0, 0.1) is 5.92 Å². The van der Waals surface area contributed by atoms with Crippen LogP contribution in [0.25, 0.3) is 0 Å². The van der Waals surface area contributed by atoms with Crippen LogP contribution >= 0.6 is 0 Å². The number of amides is 1. The van der Waals surface area contributed by atoms with Gasteiger partial charge in [-0.25, -0.2) is 0 Å². The van der Waals surface area contributed by atoms with Gasteiger partial charge in [-0.1, -0.05) is 13.8 Å². The molecule has 4 N–H and O–H groups in total. The second-order valence-electron chi connectivity index (χ2n) is 3.56. The molecule has 1 atom stereocenters. The molecule has 0 rings (SSSR count). The van der Waals surface area contributed by atoms with Gasteiger partial charge in [-0.2, -0.15) is 0 Å². The third-order valence-corrected chi connectivity index (χ3v) is 2.04. The molecule has 3 nitrogen and oxygen atoms in total. The second-order valence-corrected chi connectivity index (χ2v) is 3.56. The van der Waals surface area contributed by atoms with Gasteiger partial charge in [0.1, 0.15) is 0 Å². The highest BCUT2D eigenvalue weighted by atomic mass is 16.1. The molecule has 1 amide bonds. The van der Waals surface area contributed by atoms with Crippen LogP contribution in [0.15, 0.2) is 0 Å². The molecule has 0 saturated heterocycles. The highest BCUT2D eigenvalue weighted by molar-refractivity contribution is 5.76. The van der Waals surface area contributed by atoms with Crippen LogP contribution in [-0.2, 0) is 4.79 Å². The van der Waals surface area contributed by atoms with Crippen molar-refractivity contribution in [2.45, 2.75) is 39.7 Å². The van der Waals surface area contributed by atoms with Gasteiger partial charge in [-0.05, 0) is 12.8 Å². The SMILES string of the molecule is CC(C)C(C)NC(=O)CCC[NH3+]. The average Bonchev–Trinajstić information content (AvgIpc) is 2.00. The van der Waals surface area contributed by atoms with Gasteiger partial charge < -0.3 is 11.1 Å². The van der Waals surface area contributed by atoms with E-state index in [0.717, 1.165) is 13.0 Å². The van der Waals surface area contributed by atoms with Crippen LogP contribution in [0.2, 0.25) is 0 Å². The standard InChI is InChI=1S/C9H20N2O/c1-7(2)8(3)11-9(12)5-4-6-10/h7-8H,4-6,10H2,1-3H3,(H,11,12)/p+1. The Hall–Kier alpha value is -0.570. The fourth-order valence-electron chi connectivity index (χ4n) is 0.778. The minimum atomic E-state index is 0.153. The smallest absolute Gasteiger partial charge is 0.220 e. The molecular weight excluding hydrogens is 152 g/mol. The van der Waals surface area contributed by atoms with Crippen LogP contribution < -0.4 is 11.1 Å². The molecule has 0 aromatic heterocycles. The van der Waals surface area contributed by atoms with Gasteiger partial charge in [0.25, 0.3) is 0 Å². The zero-order chi connectivity index (χ0) is 9.56. The summed E-state index contributed by atoms with van der Waals surface area (Å²) < 4.78 is 0. The van der Waals surface area contributed by atoms with E-state index in [1.54, 1.807) is 0 Å². The van der Waals surface area contributed by atoms with Gasteiger partial charge in [0.2, 0.25) is 5.91 Å². The minimum Gasteiger partial charge on any atom is -0.358 e. The van der Waals surface area contributed by atoms with Crippen molar-refractivity contribution in [3.8, 4) is 0 Å². The van der Waals surface area contributed by atoms with Crippen molar-refractivity contribution < 1.29 is 10.5 Å². The maximum atomic E-state index is 11.2. The lowest BCUT2D eigenvalue weighted by atomic mass is 10.1. The third kappa shape index (κ3) is 5.13. The Bertz CT molecular complexity index is 134. The van der Waals surface area contributed by atoms with Crippen LogP contribution in [-0.4, -0.2) is 18.5 Å². The van der Waals surface area contributed by atoms with E-state index in [-0.39, 0.29) is 11.9 Å². The summed E-state index contributed by atoms with van der Waals surface area (Å²) in [7, 11) is 0. The third-order valence-electron chi connectivity index (χ3n) is 2.04. The van der Waals surface area contributed by atoms with Crippen LogP contribution in [0.4, 0.5) is 0 Å². The first kappa shape index (κ1) is 11.4. The predicted molar refractivity (Wildman–Crippen MR) is 49.4 cm³/mol. The maximum Gasteiger partial charge on any atom is 0.220 e. The van der Waals surface area contributed by atoms with Gasteiger partial charge in [0.15, 0.2) is 0 Å². The maximum absolute atomic E-state index is 11.2. The van der Waals surface area contributed by atoms with Gasteiger partial charge in [-0.3, -0.25) is 4.79 Å². The molecule has 0 aliphatic heterocycles. The number of nitrogens with one attached hydrogen (secondary N) is 1. The van der Waals surface area contributed by atoms with Crippen molar-refractivity contribution in [2.24, 2.45) is 5.92 Å². The summed E-state index contributed by atoms with van der Waals surface area (Å²) in [6.07, 6.45) is 1.50. The molecule has 0 aliphatic rings. The number of hydrogen-bond acceptors (Lipinski definition) is 1. The number of hydrogen-bond donors (Lipinski definition) is 2. The molecule has 0 aliphatic carbocycles. The van der Waals surface area contributed by atoms with Crippen molar-refractivity contribution in [1.29, 1.82) is 0 Å². The molecule has 3 heteroatoms. The highest BCUT2D eigenvalue weighted by Crippen LogP contribution is 2.00. The van der Waals surface area contributed by atoms with E-state index in [2.05, 4.69) is 24.9 Å². The molecule has 0 aromatic rings. The Kier molecular flexibility index (Phi) is 5.72. The molecule has 12 heavy (non-hydrogen) atoms. The molecular formula is C9H21N2O+. The molecule has 0 aromatic carbocycles.